The van der Waals surface area contributed by atoms with Gasteiger partial charge >= 0.3 is 0 Å². The lowest BCUT2D eigenvalue weighted by atomic mass is 9.94. The topological polar surface area (TPSA) is 0 Å². The van der Waals surface area contributed by atoms with Crippen LogP contribution in [0.5, 0.6) is 0 Å². The predicted molar refractivity (Wildman–Crippen MR) is 91.6 cm³/mol. The molecule has 0 aliphatic heterocycles. The van der Waals surface area contributed by atoms with Crippen LogP contribution in [0.15, 0.2) is 78.9 Å². The fourth-order valence-electron chi connectivity index (χ4n) is 3.06. The van der Waals surface area contributed by atoms with Crippen LogP contribution in [0.3, 0.4) is 0 Å². The number of hydrogen-bond donors (Lipinski definition) is 0. The molecule has 0 unspecified atom stereocenters. The van der Waals surface area contributed by atoms with E-state index in [1.807, 2.05) is 0 Å². The molecule has 0 fully saturated rings. The lowest BCUT2D eigenvalue weighted by Gasteiger charge is -2.10. The largest absolute Gasteiger partial charge is 0.0622 e. The normalized spacial score (nSPS) is 11.1. The first-order valence-electron chi connectivity index (χ1n) is 7.30. The van der Waals surface area contributed by atoms with Gasteiger partial charge in [0.1, 0.15) is 0 Å². The van der Waals surface area contributed by atoms with Crippen molar-refractivity contribution in [3.63, 3.8) is 0 Å². The first kappa shape index (κ1) is 12.2. The lowest BCUT2D eigenvalue weighted by Crippen LogP contribution is -1.85. The van der Waals surface area contributed by atoms with Crippen molar-refractivity contribution in [2.24, 2.45) is 0 Å². The van der Waals surface area contributed by atoms with Crippen LogP contribution < -0.4 is 0 Å². The third kappa shape index (κ3) is 2.09. The summed E-state index contributed by atoms with van der Waals surface area (Å²) in [6, 6.07) is 28.4. The molecule has 4 rings (SSSR count). The van der Waals surface area contributed by atoms with Crippen molar-refractivity contribution < 1.29 is 0 Å². The maximum atomic E-state index is 2.31. The summed E-state index contributed by atoms with van der Waals surface area (Å²) in [4.78, 5) is 0. The highest BCUT2D eigenvalue weighted by atomic mass is 14.1. The fraction of sp³-hybridized carbons (Fsp3) is 0.0476. The number of benzene rings is 4. The molecular weight excluding hydrogens is 252 g/mol. The fourth-order valence-corrected chi connectivity index (χ4v) is 3.06. The molecule has 0 spiro atoms. The van der Waals surface area contributed by atoms with Crippen molar-refractivity contribution in [1.82, 2.24) is 0 Å². The first-order valence-corrected chi connectivity index (χ1v) is 7.30. The summed E-state index contributed by atoms with van der Waals surface area (Å²) in [5.74, 6) is 0. The molecule has 0 amide bonds. The molecule has 0 aromatic heterocycles. The SMILES string of the molecule is Cc1cc(-c2ccccc2)c2cc3ccccc3cc2c1. The summed E-state index contributed by atoms with van der Waals surface area (Å²) >= 11 is 0. The summed E-state index contributed by atoms with van der Waals surface area (Å²) in [5, 5.41) is 5.23. The van der Waals surface area contributed by atoms with Gasteiger partial charge in [-0.05, 0) is 57.3 Å². The molecule has 4 aromatic carbocycles. The van der Waals surface area contributed by atoms with Crippen molar-refractivity contribution in [3.05, 3.63) is 84.4 Å². The van der Waals surface area contributed by atoms with Gasteiger partial charge in [-0.3, -0.25) is 0 Å². The van der Waals surface area contributed by atoms with Gasteiger partial charge in [0, 0.05) is 0 Å². The van der Waals surface area contributed by atoms with Gasteiger partial charge in [-0.1, -0.05) is 66.7 Å². The van der Waals surface area contributed by atoms with E-state index >= 15 is 0 Å². The zero-order chi connectivity index (χ0) is 14.2. The van der Waals surface area contributed by atoms with Crippen LogP contribution in [0, 0.1) is 6.92 Å². The summed E-state index contributed by atoms with van der Waals surface area (Å²) in [6.45, 7) is 2.17. The van der Waals surface area contributed by atoms with Crippen LogP contribution in [0.2, 0.25) is 0 Å². The minimum absolute atomic E-state index is 1.28. The minimum Gasteiger partial charge on any atom is -0.0622 e. The Labute approximate surface area is 124 Å². The van der Waals surface area contributed by atoms with Crippen molar-refractivity contribution in [1.29, 1.82) is 0 Å². The maximum Gasteiger partial charge on any atom is -0.00988 e. The Hall–Kier alpha value is -2.60. The standard InChI is InChI=1S/C21H16/c1-15-11-19-13-17-9-5-6-10-18(17)14-21(19)20(12-15)16-7-3-2-4-8-16/h2-14H,1H3. The Balaban J connectivity index is 2.12. The average Bonchev–Trinajstić information content (AvgIpc) is 2.53. The van der Waals surface area contributed by atoms with E-state index in [2.05, 4.69) is 85.8 Å². The Morgan fingerprint density at radius 1 is 0.571 bits per heavy atom. The molecule has 0 heterocycles. The molecule has 0 N–H and O–H groups in total. The molecule has 21 heavy (non-hydrogen) atoms. The van der Waals surface area contributed by atoms with E-state index in [1.54, 1.807) is 0 Å². The molecule has 0 atom stereocenters. The van der Waals surface area contributed by atoms with Crippen molar-refractivity contribution in [2.75, 3.05) is 0 Å². The molecular formula is C21H16. The van der Waals surface area contributed by atoms with Crippen molar-refractivity contribution >= 4 is 21.5 Å². The third-order valence-corrected chi connectivity index (χ3v) is 4.05. The summed E-state index contributed by atoms with van der Waals surface area (Å²) < 4.78 is 0. The molecule has 0 bridgehead atoms. The predicted octanol–water partition coefficient (Wildman–Crippen LogP) is 5.97. The van der Waals surface area contributed by atoms with Crippen LogP contribution in [-0.4, -0.2) is 0 Å². The van der Waals surface area contributed by atoms with Crippen LogP contribution in [0.25, 0.3) is 32.7 Å². The monoisotopic (exact) mass is 268 g/mol. The molecule has 0 aliphatic rings. The van der Waals surface area contributed by atoms with E-state index in [9.17, 15) is 0 Å². The van der Waals surface area contributed by atoms with E-state index in [4.69, 9.17) is 0 Å². The molecule has 0 nitrogen and oxygen atoms in total. The number of rotatable bonds is 1. The van der Waals surface area contributed by atoms with Gasteiger partial charge in [0.25, 0.3) is 0 Å². The van der Waals surface area contributed by atoms with E-state index < -0.39 is 0 Å². The Kier molecular flexibility index (Phi) is 2.75. The zero-order valence-corrected chi connectivity index (χ0v) is 12.0. The molecule has 0 heteroatoms. The van der Waals surface area contributed by atoms with Crippen LogP contribution in [0.4, 0.5) is 0 Å². The molecule has 100 valence electrons. The van der Waals surface area contributed by atoms with Gasteiger partial charge in [-0.15, -0.1) is 0 Å². The van der Waals surface area contributed by atoms with E-state index in [0.717, 1.165) is 0 Å². The molecule has 4 aromatic rings. The third-order valence-electron chi connectivity index (χ3n) is 4.05. The maximum absolute atomic E-state index is 2.31. The second-order valence-corrected chi connectivity index (χ2v) is 5.60. The van der Waals surface area contributed by atoms with Crippen LogP contribution >= 0.6 is 0 Å². The van der Waals surface area contributed by atoms with Gasteiger partial charge < -0.3 is 0 Å². The van der Waals surface area contributed by atoms with Crippen LogP contribution in [0.1, 0.15) is 5.56 Å². The summed E-state index contributed by atoms with van der Waals surface area (Å²) in [5.41, 5.74) is 3.90. The lowest BCUT2D eigenvalue weighted by molar-refractivity contribution is 1.50. The van der Waals surface area contributed by atoms with Gasteiger partial charge in [0.05, 0.1) is 0 Å². The number of aryl methyl sites for hydroxylation is 1. The summed E-state index contributed by atoms with van der Waals surface area (Å²) in [6.07, 6.45) is 0. The average molecular weight is 268 g/mol. The van der Waals surface area contributed by atoms with Gasteiger partial charge in [-0.2, -0.15) is 0 Å². The number of fused-ring (bicyclic) bond motifs is 2. The first-order chi connectivity index (χ1) is 10.3. The quantitative estimate of drug-likeness (QED) is 0.373. The van der Waals surface area contributed by atoms with E-state index in [1.165, 1.54) is 38.2 Å². The van der Waals surface area contributed by atoms with Crippen molar-refractivity contribution in [2.45, 2.75) is 6.92 Å². The molecule has 0 radical (unpaired) electrons. The Morgan fingerprint density at radius 2 is 1.24 bits per heavy atom. The molecule has 0 aliphatic carbocycles. The second kappa shape index (κ2) is 4.75. The number of hydrogen-bond acceptors (Lipinski definition) is 0. The smallest absolute Gasteiger partial charge is 0.00988 e. The van der Waals surface area contributed by atoms with Gasteiger partial charge in [-0.25, -0.2) is 0 Å². The molecule has 0 saturated carbocycles. The zero-order valence-electron chi connectivity index (χ0n) is 12.0. The van der Waals surface area contributed by atoms with E-state index in [-0.39, 0.29) is 0 Å². The highest BCUT2D eigenvalue weighted by Crippen LogP contribution is 2.32. The van der Waals surface area contributed by atoms with Crippen LogP contribution in [-0.2, 0) is 0 Å². The summed E-state index contributed by atoms with van der Waals surface area (Å²) in [7, 11) is 0. The van der Waals surface area contributed by atoms with Gasteiger partial charge in [0.15, 0.2) is 0 Å². The highest BCUT2D eigenvalue weighted by Gasteiger charge is 2.06. The van der Waals surface area contributed by atoms with Gasteiger partial charge in [0.2, 0.25) is 0 Å². The second-order valence-electron chi connectivity index (χ2n) is 5.60. The van der Waals surface area contributed by atoms with Crippen molar-refractivity contribution in [3.8, 4) is 11.1 Å². The molecule has 0 saturated heterocycles. The van der Waals surface area contributed by atoms with E-state index in [0.29, 0.717) is 0 Å². The minimum atomic E-state index is 1.28. The highest BCUT2D eigenvalue weighted by molar-refractivity contribution is 6.05. The Morgan fingerprint density at radius 3 is 2.00 bits per heavy atom. The Bertz CT molecular complexity index is 934.